The number of rotatable bonds is 6. The van der Waals surface area contributed by atoms with Crippen LogP contribution in [-0.2, 0) is 12.3 Å². The van der Waals surface area contributed by atoms with Crippen molar-refractivity contribution >= 4 is 22.8 Å². The van der Waals surface area contributed by atoms with Crippen LogP contribution < -0.4 is 5.56 Å². The summed E-state index contributed by atoms with van der Waals surface area (Å²) in [7, 11) is 0. The second-order valence-electron chi connectivity index (χ2n) is 7.77. The number of aryl methyl sites for hydroxylation is 1. The summed E-state index contributed by atoms with van der Waals surface area (Å²) in [4.78, 5) is 18.2. The molecule has 5 nitrogen and oxygen atoms in total. The van der Waals surface area contributed by atoms with Crippen LogP contribution in [0, 0.1) is 18.7 Å². The van der Waals surface area contributed by atoms with E-state index in [-0.39, 0.29) is 11.4 Å². The molecule has 30 heavy (non-hydrogen) atoms. The van der Waals surface area contributed by atoms with Gasteiger partial charge in [0.05, 0.1) is 5.69 Å². The average molecular weight is 421 g/mol. The van der Waals surface area contributed by atoms with Crippen LogP contribution >= 0.6 is 11.8 Å². The zero-order valence-corrected chi connectivity index (χ0v) is 17.4. The van der Waals surface area contributed by atoms with E-state index in [1.807, 2.05) is 48.1 Å². The summed E-state index contributed by atoms with van der Waals surface area (Å²) < 4.78 is 17.1. The number of hydrogen-bond donors (Lipinski definition) is 0. The van der Waals surface area contributed by atoms with E-state index in [9.17, 15) is 9.18 Å². The number of para-hydroxylation sites is 1. The van der Waals surface area contributed by atoms with Gasteiger partial charge in [-0.1, -0.05) is 42.1 Å². The van der Waals surface area contributed by atoms with E-state index in [1.165, 1.54) is 36.7 Å². The van der Waals surface area contributed by atoms with Crippen LogP contribution in [0.2, 0.25) is 0 Å². The van der Waals surface area contributed by atoms with E-state index in [2.05, 4.69) is 5.10 Å². The number of thioether (sulfide) groups is 1. The lowest BCUT2D eigenvalue weighted by Gasteiger charge is -2.13. The summed E-state index contributed by atoms with van der Waals surface area (Å²) in [6.45, 7) is 2.80. The third kappa shape index (κ3) is 3.77. The largest absolute Gasteiger partial charge is 0.269 e. The van der Waals surface area contributed by atoms with E-state index >= 15 is 0 Å². The Labute approximate surface area is 177 Å². The van der Waals surface area contributed by atoms with Crippen molar-refractivity contribution in [3.63, 3.8) is 0 Å². The Kier molecular flexibility index (Phi) is 4.90. The molecule has 7 heteroatoms. The molecule has 4 aromatic rings. The molecular weight excluding hydrogens is 399 g/mol. The molecule has 0 bridgehead atoms. The van der Waals surface area contributed by atoms with Crippen LogP contribution in [-0.4, -0.2) is 19.3 Å². The molecular formula is C23H21FN4OS. The van der Waals surface area contributed by atoms with Gasteiger partial charge in [-0.3, -0.25) is 14.0 Å². The van der Waals surface area contributed by atoms with Gasteiger partial charge in [-0.15, -0.1) is 0 Å². The topological polar surface area (TPSA) is 52.7 Å². The number of halogens is 1. The Hall–Kier alpha value is -2.93. The fourth-order valence-corrected chi connectivity index (χ4v) is 4.49. The normalized spacial score (nSPS) is 13.8. The van der Waals surface area contributed by atoms with Gasteiger partial charge in [0.1, 0.15) is 11.2 Å². The highest BCUT2D eigenvalue weighted by Crippen LogP contribution is 2.31. The van der Waals surface area contributed by atoms with Gasteiger partial charge in [0.15, 0.2) is 10.8 Å². The van der Waals surface area contributed by atoms with E-state index in [0.717, 1.165) is 23.4 Å². The zero-order chi connectivity index (χ0) is 20.7. The highest BCUT2D eigenvalue weighted by Gasteiger charge is 2.23. The molecule has 0 spiro atoms. The van der Waals surface area contributed by atoms with Crippen LogP contribution in [0.5, 0.6) is 0 Å². The summed E-state index contributed by atoms with van der Waals surface area (Å²) in [5.74, 6) is 0.885. The molecule has 0 N–H and O–H groups in total. The lowest BCUT2D eigenvalue weighted by atomic mass is 10.2. The van der Waals surface area contributed by atoms with Crippen molar-refractivity contribution in [1.29, 1.82) is 0 Å². The maximum absolute atomic E-state index is 13.6. The summed E-state index contributed by atoms with van der Waals surface area (Å²) in [6, 6.07) is 14.2. The number of hydrogen-bond acceptors (Lipinski definition) is 4. The Morgan fingerprint density at radius 1 is 1.17 bits per heavy atom. The van der Waals surface area contributed by atoms with E-state index in [4.69, 9.17) is 4.98 Å². The molecule has 2 heterocycles. The van der Waals surface area contributed by atoms with Crippen LogP contribution in [0.4, 0.5) is 4.39 Å². The predicted octanol–water partition coefficient (Wildman–Crippen LogP) is 4.73. The van der Waals surface area contributed by atoms with Gasteiger partial charge in [0.25, 0.3) is 5.56 Å². The van der Waals surface area contributed by atoms with Crippen molar-refractivity contribution < 1.29 is 4.39 Å². The molecule has 0 amide bonds. The minimum Gasteiger partial charge on any atom is -0.269 e. The molecule has 1 fully saturated rings. The van der Waals surface area contributed by atoms with Gasteiger partial charge >= 0.3 is 0 Å². The first-order chi connectivity index (χ1) is 14.6. The van der Waals surface area contributed by atoms with Gasteiger partial charge in [-0.05, 0) is 55.0 Å². The van der Waals surface area contributed by atoms with Gasteiger partial charge < -0.3 is 0 Å². The number of fused-ring (bicyclic) bond motifs is 1. The van der Waals surface area contributed by atoms with Crippen molar-refractivity contribution in [1.82, 2.24) is 19.3 Å². The standard InChI is InChI=1S/C23H21FN4OS/c1-15-5-2-3-8-20(15)28-22(29)19-13-27(12-16-9-10-16)26-21(19)25-23(28)30-14-17-6-4-7-18(24)11-17/h2-8,11,13,16H,9-10,12,14H2,1H3. The Balaban J connectivity index is 1.61. The first kappa shape index (κ1) is 19.1. The van der Waals surface area contributed by atoms with Crippen molar-refractivity contribution in [2.45, 2.75) is 37.2 Å². The van der Waals surface area contributed by atoms with Gasteiger partial charge in [-0.2, -0.15) is 5.10 Å². The molecule has 5 rings (SSSR count). The smallest absolute Gasteiger partial charge is 0.269 e. The van der Waals surface area contributed by atoms with E-state index < -0.39 is 0 Å². The van der Waals surface area contributed by atoms with Gasteiger partial charge in [0, 0.05) is 18.5 Å². The monoisotopic (exact) mass is 420 g/mol. The predicted molar refractivity (Wildman–Crippen MR) is 117 cm³/mol. The van der Waals surface area contributed by atoms with E-state index in [0.29, 0.717) is 27.9 Å². The quantitative estimate of drug-likeness (QED) is 0.334. The highest BCUT2D eigenvalue weighted by atomic mass is 32.2. The number of aromatic nitrogens is 4. The summed E-state index contributed by atoms with van der Waals surface area (Å²) in [5, 5.41) is 5.64. The Morgan fingerprint density at radius 3 is 2.77 bits per heavy atom. The SMILES string of the molecule is Cc1ccccc1-n1c(SCc2cccc(F)c2)nc2nn(CC3CC3)cc2c1=O. The van der Waals surface area contributed by atoms with Gasteiger partial charge in [0.2, 0.25) is 0 Å². The first-order valence-electron chi connectivity index (χ1n) is 10.0. The van der Waals surface area contributed by atoms with Crippen LogP contribution in [0.25, 0.3) is 16.7 Å². The second kappa shape index (κ2) is 7.72. The lowest BCUT2D eigenvalue weighted by Crippen LogP contribution is -2.22. The van der Waals surface area contributed by atoms with Crippen molar-refractivity contribution in [3.8, 4) is 5.69 Å². The fourth-order valence-electron chi connectivity index (χ4n) is 3.55. The molecule has 1 aliphatic rings. The summed E-state index contributed by atoms with van der Waals surface area (Å²) in [6.07, 6.45) is 4.25. The summed E-state index contributed by atoms with van der Waals surface area (Å²) >= 11 is 1.41. The maximum atomic E-state index is 13.6. The second-order valence-corrected chi connectivity index (χ2v) is 8.71. The highest BCUT2D eigenvalue weighted by molar-refractivity contribution is 7.98. The van der Waals surface area contributed by atoms with Crippen LogP contribution in [0.3, 0.4) is 0 Å². The molecule has 0 unspecified atom stereocenters. The first-order valence-corrected chi connectivity index (χ1v) is 11.0. The van der Waals surface area contributed by atoms with Gasteiger partial charge in [-0.25, -0.2) is 9.37 Å². The van der Waals surface area contributed by atoms with Crippen molar-refractivity contribution in [2.24, 2.45) is 5.92 Å². The molecule has 0 radical (unpaired) electrons. The number of benzene rings is 2. The molecule has 2 aromatic carbocycles. The zero-order valence-electron chi connectivity index (χ0n) is 16.6. The Morgan fingerprint density at radius 2 is 2.00 bits per heavy atom. The number of nitrogens with zero attached hydrogens (tertiary/aromatic N) is 4. The molecule has 1 saturated carbocycles. The molecule has 0 atom stereocenters. The minimum atomic E-state index is -0.272. The Bertz CT molecular complexity index is 1290. The third-order valence-electron chi connectivity index (χ3n) is 5.32. The minimum absolute atomic E-state index is 0.127. The van der Waals surface area contributed by atoms with Crippen molar-refractivity contribution in [2.75, 3.05) is 0 Å². The van der Waals surface area contributed by atoms with Crippen LogP contribution in [0.1, 0.15) is 24.0 Å². The molecule has 2 aromatic heterocycles. The lowest BCUT2D eigenvalue weighted by molar-refractivity contribution is 0.566. The molecule has 1 aliphatic carbocycles. The third-order valence-corrected chi connectivity index (χ3v) is 6.33. The fraction of sp³-hybridized carbons (Fsp3) is 0.261. The molecule has 152 valence electrons. The molecule has 0 aliphatic heterocycles. The van der Waals surface area contributed by atoms with E-state index in [1.54, 1.807) is 10.6 Å². The van der Waals surface area contributed by atoms with Crippen molar-refractivity contribution in [3.05, 3.63) is 82.0 Å². The van der Waals surface area contributed by atoms with Crippen LogP contribution in [0.15, 0.2) is 64.7 Å². The average Bonchev–Trinajstić information content (AvgIpc) is 3.44. The molecule has 0 saturated heterocycles. The maximum Gasteiger partial charge on any atom is 0.269 e. The summed E-state index contributed by atoms with van der Waals surface area (Å²) in [5.41, 5.74) is 2.96.